The van der Waals surface area contributed by atoms with Gasteiger partial charge in [-0.05, 0) is 25.0 Å². The third kappa shape index (κ3) is 1.78. The van der Waals surface area contributed by atoms with Crippen LogP contribution in [0.3, 0.4) is 0 Å². The van der Waals surface area contributed by atoms with Crippen molar-refractivity contribution >= 4 is 15.7 Å². The summed E-state index contributed by atoms with van der Waals surface area (Å²) < 4.78 is 38.6. The van der Waals surface area contributed by atoms with Crippen LogP contribution in [0.5, 0.6) is 0 Å². The van der Waals surface area contributed by atoms with Gasteiger partial charge in [-0.3, -0.25) is 0 Å². The number of para-hydroxylation sites is 1. The maximum Gasteiger partial charge on any atom is 0.245 e. The average molecular weight is 244 g/mol. The van der Waals surface area contributed by atoms with E-state index in [-0.39, 0.29) is 16.6 Å². The van der Waals surface area contributed by atoms with Crippen molar-refractivity contribution in [2.45, 2.75) is 23.8 Å². The molecule has 0 aliphatic heterocycles. The van der Waals surface area contributed by atoms with Gasteiger partial charge in [0.25, 0.3) is 0 Å². The van der Waals surface area contributed by atoms with Crippen LogP contribution in [0.1, 0.15) is 12.8 Å². The molecule has 0 heterocycles. The number of hydrogen-bond acceptors (Lipinski definition) is 3. The van der Waals surface area contributed by atoms with Crippen molar-refractivity contribution in [2.75, 3.05) is 12.8 Å². The smallest absolute Gasteiger partial charge is 0.245 e. The van der Waals surface area contributed by atoms with E-state index >= 15 is 0 Å². The zero-order chi connectivity index (χ0) is 11.9. The molecule has 1 aliphatic rings. The van der Waals surface area contributed by atoms with E-state index in [0.29, 0.717) is 0 Å². The highest BCUT2D eigenvalue weighted by molar-refractivity contribution is 7.89. The monoisotopic (exact) mass is 244 g/mol. The van der Waals surface area contributed by atoms with Gasteiger partial charge in [-0.2, -0.15) is 4.31 Å². The van der Waals surface area contributed by atoms with E-state index < -0.39 is 15.8 Å². The van der Waals surface area contributed by atoms with Crippen LogP contribution in [0.2, 0.25) is 0 Å². The van der Waals surface area contributed by atoms with Gasteiger partial charge in [-0.25, -0.2) is 12.8 Å². The summed E-state index contributed by atoms with van der Waals surface area (Å²) in [5.74, 6) is -0.703. The van der Waals surface area contributed by atoms with Gasteiger partial charge in [0.1, 0.15) is 10.7 Å². The second kappa shape index (κ2) is 3.71. The summed E-state index contributed by atoms with van der Waals surface area (Å²) in [4.78, 5) is -0.151. The van der Waals surface area contributed by atoms with Crippen molar-refractivity contribution in [3.05, 3.63) is 24.0 Å². The lowest BCUT2D eigenvalue weighted by Gasteiger charge is -2.17. The van der Waals surface area contributed by atoms with Crippen LogP contribution in [0.15, 0.2) is 23.1 Å². The Hall–Kier alpha value is -1.14. The lowest BCUT2D eigenvalue weighted by Crippen LogP contribution is -2.29. The van der Waals surface area contributed by atoms with Crippen molar-refractivity contribution < 1.29 is 12.8 Å². The topological polar surface area (TPSA) is 63.4 Å². The second-order valence-corrected chi connectivity index (χ2v) is 5.87. The van der Waals surface area contributed by atoms with Gasteiger partial charge >= 0.3 is 0 Å². The predicted octanol–water partition coefficient (Wildman–Crippen LogP) is 1.19. The Morgan fingerprint density at radius 3 is 2.62 bits per heavy atom. The summed E-state index contributed by atoms with van der Waals surface area (Å²) in [6.45, 7) is 0. The van der Waals surface area contributed by atoms with Gasteiger partial charge in [-0.1, -0.05) is 6.07 Å². The summed E-state index contributed by atoms with van der Waals surface area (Å²) >= 11 is 0. The molecule has 0 spiro atoms. The summed E-state index contributed by atoms with van der Waals surface area (Å²) in [7, 11) is -2.16. The number of anilines is 1. The first-order chi connectivity index (χ1) is 7.44. The molecular weight excluding hydrogens is 231 g/mol. The first-order valence-corrected chi connectivity index (χ1v) is 6.40. The molecule has 1 fully saturated rings. The van der Waals surface area contributed by atoms with Crippen LogP contribution in [0.4, 0.5) is 10.1 Å². The second-order valence-electron chi connectivity index (χ2n) is 3.90. The van der Waals surface area contributed by atoms with Crippen LogP contribution in [0.25, 0.3) is 0 Å². The molecule has 0 aromatic heterocycles. The van der Waals surface area contributed by atoms with E-state index in [9.17, 15) is 12.8 Å². The summed E-state index contributed by atoms with van der Waals surface area (Å²) in [5.41, 5.74) is 5.14. The molecule has 2 rings (SSSR count). The average Bonchev–Trinajstić information content (AvgIpc) is 3.04. The molecule has 6 heteroatoms. The van der Waals surface area contributed by atoms with Crippen LogP contribution in [-0.2, 0) is 10.0 Å². The number of nitrogens with two attached hydrogens (primary N) is 1. The van der Waals surface area contributed by atoms with Crippen LogP contribution in [-0.4, -0.2) is 25.8 Å². The van der Waals surface area contributed by atoms with Crippen LogP contribution < -0.4 is 5.73 Å². The van der Waals surface area contributed by atoms with Crippen molar-refractivity contribution in [2.24, 2.45) is 0 Å². The molecule has 0 bridgehead atoms. The third-order valence-corrected chi connectivity index (χ3v) is 4.70. The Morgan fingerprint density at radius 2 is 2.06 bits per heavy atom. The largest absolute Gasteiger partial charge is 0.395 e. The van der Waals surface area contributed by atoms with Crippen molar-refractivity contribution in [1.82, 2.24) is 4.31 Å². The number of nitrogens with zero attached hydrogens (tertiary/aromatic N) is 1. The minimum absolute atomic E-state index is 0.0349. The number of rotatable bonds is 3. The molecule has 1 aromatic rings. The minimum atomic E-state index is -3.66. The van der Waals surface area contributed by atoms with Gasteiger partial charge < -0.3 is 5.73 Å². The Labute approximate surface area is 93.9 Å². The zero-order valence-corrected chi connectivity index (χ0v) is 9.67. The van der Waals surface area contributed by atoms with E-state index in [1.165, 1.54) is 23.5 Å². The third-order valence-electron chi connectivity index (χ3n) is 2.73. The summed E-state index contributed by atoms with van der Waals surface area (Å²) in [6, 6.07) is 3.85. The molecule has 0 atom stereocenters. The molecule has 0 saturated heterocycles. The fourth-order valence-electron chi connectivity index (χ4n) is 1.53. The standard InChI is InChI=1S/C10H13FN2O2S/c1-13(7-5-6-7)16(14,15)9-4-2-3-8(11)10(9)12/h2-4,7H,5-6,12H2,1H3. The maximum absolute atomic E-state index is 13.2. The lowest BCUT2D eigenvalue weighted by atomic mass is 10.3. The minimum Gasteiger partial charge on any atom is -0.395 e. The summed E-state index contributed by atoms with van der Waals surface area (Å²) in [6.07, 6.45) is 1.70. The Kier molecular flexibility index (Phi) is 2.63. The molecule has 1 aromatic carbocycles. The first-order valence-electron chi connectivity index (χ1n) is 4.96. The zero-order valence-electron chi connectivity index (χ0n) is 8.85. The fraction of sp³-hybridized carbons (Fsp3) is 0.400. The molecule has 1 aliphatic carbocycles. The van der Waals surface area contributed by atoms with Gasteiger partial charge in [-0.15, -0.1) is 0 Å². The van der Waals surface area contributed by atoms with E-state index in [2.05, 4.69) is 0 Å². The fourth-order valence-corrected chi connectivity index (χ4v) is 3.07. The van der Waals surface area contributed by atoms with E-state index in [1.807, 2.05) is 0 Å². The molecule has 2 N–H and O–H groups in total. The van der Waals surface area contributed by atoms with Gasteiger partial charge in [0, 0.05) is 13.1 Å². The highest BCUT2D eigenvalue weighted by Crippen LogP contribution is 2.32. The van der Waals surface area contributed by atoms with Gasteiger partial charge in [0.15, 0.2) is 0 Å². The van der Waals surface area contributed by atoms with Crippen LogP contribution >= 0.6 is 0 Å². The van der Waals surface area contributed by atoms with Crippen molar-refractivity contribution in [1.29, 1.82) is 0 Å². The number of sulfonamides is 1. The normalized spacial score (nSPS) is 16.7. The summed E-state index contributed by atoms with van der Waals surface area (Å²) in [5, 5.41) is 0. The van der Waals surface area contributed by atoms with Crippen LogP contribution in [0, 0.1) is 5.82 Å². The highest BCUT2D eigenvalue weighted by Gasteiger charge is 2.36. The molecule has 16 heavy (non-hydrogen) atoms. The SMILES string of the molecule is CN(C1CC1)S(=O)(=O)c1cccc(F)c1N. The van der Waals surface area contributed by atoms with Crippen molar-refractivity contribution in [3.63, 3.8) is 0 Å². The van der Waals surface area contributed by atoms with Crippen molar-refractivity contribution in [3.8, 4) is 0 Å². The molecule has 0 unspecified atom stereocenters. The predicted molar refractivity (Wildman–Crippen MR) is 58.8 cm³/mol. The molecule has 4 nitrogen and oxygen atoms in total. The number of halogens is 1. The number of benzene rings is 1. The van der Waals surface area contributed by atoms with E-state index in [0.717, 1.165) is 18.9 Å². The molecule has 0 amide bonds. The van der Waals surface area contributed by atoms with E-state index in [4.69, 9.17) is 5.73 Å². The molecular formula is C10H13FN2O2S. The quantitative estimate of drug-likeness (QED) is 0.812. The Bertz CT molecular complexity index is 512. The molecule has 88 valence electrons. The molecule has 1 saturated carbocycles. The number of nitrogen functional groups attached to an aromatic ring is 1. The maximum atomic E-state index is 13.2. The Morgan fingerprint density at radius 1 is 1.44 bits per heavy atom. The van der Waals surface area contributed by atoms with Gasteiger partial charge in [0.05, 0.1) is 5.69 Å². The Balaban J connectivity index is 2.46. The first kappa shape index (κ1) is 11.3. The van der Waals surface area contributed by atoms with Gasteiger partial charge in [0.2, 0.25) is 10.0 Å². The molecule has 0 radical (unpaired) electrons. The lowest BCUT2D eigenvalue weighted by molar-refractivity contribution is 0.464. The highest BCUT2D eigenvalue weighted by atomic mass is 32.2. The number of hydrogen-bond donors (Lipinski definition) is 1. The van der Waals surface area contributed by atoms with E-state index in [1.54, 1.807) is 0 Å².